The molecule has 0 saturated heterocycles. The zero-order chi connectivity index (χ0) is 11.8. The van der Waals surface area contributed by atoms with Crippen molar-refractivity contribution < 1.29 is 18.7 Å². The molecular formula is C12H13FO3. The molecule has 0 aliphatic carbocycles. The predicted octanol–water partition coefficient (Wildman–Crippen LogP) is 1.98. The Morgan fingerprint density at radius 3 is 3.00 bits per heavy atom. The number of rotatable bonds is 3. The average Bonchev–Trinajstić information content (AvgIpc) is 2.53. The Balaban J connectivity index is 2.40. The minimum atomic E-state index is -0.511. The highest BCUT2D eigenvalue weighted by molar-refractivity contribution is 5.80. The largest absolute Gasteiger partial charge is 0.484 e. The third-order valence-corrected chi connectivity index (χ3v) is 2.65. The number of hydrogen-bond acceptors (Lipinski definition) is 3. The van der Waals surface area contributed by atoms with Gasteiger partial charge in [-0.3, -0.25) is 4.79 Å². The minimum absolute atomic E-state index is 0.259. The van der Waals surface area contributed by atoms with Crippen LogP contribution in [0.15, 0.2) is 12.1 Å². The molecule has 0 amide bonds. The van der Waals surface area contributed by atoms with Gasteiger partial charge in [0.05, 0.1) is 12.2 Å². The lowest BCUT2D eigenvalue weighted by Crippen LogP contribution is -2.35. The molecule has 0 aromatic heterocycles. The highest BCUT2D eigenvalue weighted by Crippen LogP contribution is 2.37. The number of aldehydes is 1. The summed E-state index contributed by atoms with van der Waals surface area (Å²) >= 11 is 0. The third kappa shape index (κ3) is 1.80. The summed E-state index contributed by atoms with van der Waals surface area (Å²) in [5, 5.41) is 0. The van der Waals surface area contributed by atoms with Gasteiger partial charge in [-0.2, -0.15) is 0 Å². The SMILES string of the molecule is COCC1(C)Cc2cc(F)cc(C=O)c2O1. The quantitative estimate of drug-likeness (QED) is 0.736. The molecule has 1 aromatic carbocycles. The zero-order valence-electron chi connectivity index (χ0n) is 9.25. The standard InChI is InChI=1S/C12H13FO3/c1-12(7-15-2)5-8-3-10(13)4-9(6-14)11(8)16-12/h3-4,6H,5,7H2,1-2H3. The lowest BCUT2D eigenvalue weighted by Gasteiger charge is -2.22. The van der Waals surface area contributed by atoms with Crippen molar-refractivity contribution in [2.24, 2.45) is 0 Å². The molecule has 1 aromatic rings. The first-order valence-corrected chi connectivity index (χ1v) is 5.03. The minimum Gasteiger partial charge on any atom is -0.484 e. The molecule has 0 spiro atoms. The average molecular weight is 224 g/mol. The molecule has 4 heteroatoms. The molecule has 1 heterocycles. The molecule has 0 fully saturated rings. The molecule has 0 bridgehead atoms. The van der Waals surface area contributed by atoms with E-state index in [2.05, 4.69) is 0 Å². The van der Waals surface area contributed by atoms with Crippen LogP contribution in [0.4, 0.5) is 4.39 Å². The number of fused-ring (bicyclic) bond motifs is 1. The van der Waals surface area contributed by atoms with Crippen molar-refractivity contribution in [3.8, 4) is 5.75 Å². The maximum atomic E-state index is 13.2. The summed E-state index contributed by atoms with van der Waals surface area (Å²) in [6.45, 7) is 2.28. The van der Waals surface area contributed by atoms with E-state index in [1.165, 1.54) is 12.1 Å². The first-order chi connectivity index (χ1) is 7.58. The number of benzene rings is 1. The van der Waals surface area contributed by atoms with Crippen LogP contribution >= 0.6 is 0 Å². The first-order valence-electron chi connectivity index (χ1n) is 5.03. The van der Waals surface area contributed by atoms with Crippen molar-refractivity contribution in [1.82, 2.24) is 0 Å². The van der Waals surface area contributed by atoms with Crippen molar-refractivity contribution in [3.05, 3.63) is 29.1 Å². The molecule has 1 aliphatic heterocycles. The number of halogens is 1. The lowest BCUT2D eigenvalue weighted by atomic mass is 9.99. The number of carbonyl (C=O) groups excluding carboxylic acids is 1. The maximum absolute atomic E-state index is 13.2. The van der Waals surface area contributed by atoms with Crippen molar-refractivity contribution in [2.75, 3.05) is 13.7 Å². The van der Waals surface area contributed by atoms with E-state index in [0.717, 1.165) is 5.56 Å². The van der Waals surface area contributed by atoms with E-state index in [4.69, 9.17) is 9.47 Å². The number of carbonyl (C=O) groups is 1. The molecule has 0 radical (unpaired) electrons. The second kappa shape index (κ2) is 3.87. The number of hydrogen-bond donors (Lipinski definition) is 0. The van der Waals surface area contributed by atoms with Gasteiger partial charge in [0.1, 0.15) is 17.2 Å². The summed E-state index contributed by atoms with van der Waals surface area (Å²) in [4.78, 5) is 10.8. The zero-order valence-corrected chi connectivity index (χ0v) is 9.25. The summed E-state index contributed by atoms with van der Waals surface area (Å²) in [5.74, 6) is 0.0714. The van der Waals surface area contributed by atoms with Crippen LogP contribution in [-0.4, -0.2) is 25.6 Å². The van der Waals surface area contributed by atoms with Crippen LogP contribution in [0.2, 0.25) is 0 Å². The normalized spacial score (nSPS) is 22.7. The monoisotopic (exact) mass is 224 g/mol. The second-order valence-corrected chi connectivity index (χ2v) is 4.26. The van der Waals surface area contributed by atoms with Crippen LogP contribution in [0.1, 0.15) is 22.8 Å². The van der Waals surface area contributed by atoms with E-state index in [-0.39, 0.29) is 5.56 Å². The fraction of sp³-hybridized carbons (Fsp3) is 0.417. The van der Waals surface area contributed by atoms with E-state index in [9.17, 15) is 9.18 Å². The Kier molecular flexibility index (Phi) is 2.68. The van der Waals surface area contributed by atoms with Crippen LogP contribution in [0.5, 0.6) is 5.75 Å². The van der Waals surface area contributed by atoms with Crippen LogP contribution < -0.4 is 4.74 Å². The Hall–Kier alpha value is -1.42. The van der Waals surface area contributed by atoms with Gasteiger partial charge in [-0.05, 0) is 19.1 Å². The Bertz CT molecular complexity index is 431. The highest BCUT2D eigenvalue weighted by atomic mass is 19.1. The molecule has 0 saturated carbocycles. The van der Waals surface area contributed by atoms with E-state index < -0.39 is 11.4 Å². The van der Waals surface area contributed by atoms with E-state index in [1.807, 2.05) is 6.92 Å². The second-order valence-electron chi connectivity index (χ2n) is 4.26. The van der Waals surface area contributed by atoms with E-state index in [1.54, 1.807) is 7.11 Å². The number of ether oxygens (including phenoxy) is 2. The van der Waals surface area contributed by atoms with Crippen LogP contribution in [0.25, 0.3) is 0 Å². The molecule has 2 rings (SSSR count). The molecule has 1 aliphatic rings. The lowest BCUT2D eigenvalue weighted by molar-refractivity contribution is 0.0202. The van der Waals surface area contributed by atoms with Gasteiger partial charge in [-0.1, -0.05) is 0 Å². The fourth-order valence-electron chi connectivity index (χ4n) is 2.09. The molecule has 1 unspecified atom stereocenters. The van der Waals surface area contributed by atoms with Gasteiger partial charge < -0.3 is 9.47 Å². The summed E-state index contributed by atoms with van der Waals surface area (Å²) in [5.41, 5.74) is 0.472. The Morgan fingerprint density at radius 2 is 2.38 bits per heavy atom. The predicted molar refractivity (Wildman–Crippen MR) is 56.4 cm³/mol. The topological polar surface area (TPSA) is 35.5 Å². The summed E-state index contributed by atoms with van der Waals surface area (Å²) < 4.78 is 23.9. The van der Waals surface area contributed by atoms with E-state index >= 15 is 0 Å². The molecule has 1 atom stereocenters. The highest BCUT2D eigenvalue weighted by Gasteiger charge is 2.36. The van der Waals surface area contributed by atoms with Crippen LogP contribution in [0.3, 0.4) is 0 Å². The molecule has 86 valence electrons. The maximum Gasteiger partial charge on any atom is 0.153 e. The van der Waals surface area contributed by atoms with E-state index in [0.29, 0.717) is 25.1 Å². The summed E-state index contributed by atoms with van der Waals surface area (Å²) in [6, 6.07) is 2.59. The summed E-state index contributed by atoms with van der Waals surface area (Å²) in [6.07, 6.45) is 1.16. The Labute approximate surface area is 93.2 Å². The number of methoxy groups -OCH3 is 1. The molecule has 0 N–H and O–H groups in total. The third-order valence-electron chi connectivity index (χ3n) is 2.65. The van der Waals surface area contributed by atoms with Gasteiger partial charge in [0.25, 0.3) is 0 Å². The van der Waals surface area contributed by atoms with Gasteiger partial charge in [0.2, 0.25) is 0 Å². The van der Waals surface area contributed by atoms with Gasteiger partial charge in [-0.25, -0.2) is 4.39 Å². The smallest absolute Gasteiger partial charge is 0.153 e. The van der Waals surface area contributed by atoms with Gasteiger partial charge in [0, 0.05) is 19.1 Å². The van der Waals surface area contributed by atoms with Crippen molar-refractivity contribution in [1.29, 1.82) is 0 Å². The Morgan fingerprint density at radius 1 is 1.62 bits per heavy atom. The van der Waals surface area contributed by atoms with Crippen molar-refractivity contribution >= 4 is 6.29 Å². The molecular weight excluding hydrogens is 211 g/mol. The van der Waals surface area contributed by atoms with Crippen molar-refractivity contribution in [2.45, 2.75) is 18.9 Å². The first kappa shape index (κ1) is 11.1. The molecule has 16 heavy (non-hydrogen) atoms. The van der Waals surface area contributed by atoms with Crippen molar-refractivity contribution in [3.63, 3.8) is 0 Å². The fourth-order valence-corrected chi connectivity index (χ4v) is 2.09. The molecule has 3 nitrogen and oxygen atoms in total. The van der Waals surface area contributed by atoms with Crippen LogP contribution in [-0.2, 0) is 11.2 Å². The van der Waals surface area contributed by atoms with Gasteiger partial charge >= 0.3 is 0 Å². The van der Waals surface area contributed by atoms with Gasteiger partial charge in [0.15, 0.2) is 6.29 Å². The van der Waals surface area contributed by atoms with Gasteiger partial charge in [-0.15, -0.1) is 0 Å². The summed E-state index contributed by atoms with van der Waals surface area (Å²) in [7, 11) is 1.58. The van der Waals surface area contributed by atoms with Crippen LogP contribution in [0, 0.1) is 5.82 Å².